The highest BCUT2D eigenvalue weighted by molar-refractivity contribution is 5.97. The van der Waals surface area contributed by atoms with Crippen molar-refractivity contribution in [3.8, 4) is 11.3 Å². The van der Waals surface area contributed by atoms with Crippen LogP contribution in [0.2, 0.25) is 0 Å². The average molecular weight is 347 g/mol. The summed E-state index contributed by atoms with van der Waals surface area (Å²) >= 11 is 0. The van der Waals surface area contributed by atoms with Crippen LogP contribution in [0.3, 0.4) is 0 Å². The summed E-state index contributed by atoms with van der Waals surface area (Å²) < 4.78 is 2.20. The van der Waals surface area contributed by atoms with Crippen LogP contribution in [0, 0.1) is 0 Å². The van der Waals surface area contributed by atoms with Gasteiger partial charge in [0.15, 0.2) is 0 Å². The van der Waals surface area contributed by atoms with Crippen LogP contribution in [-0.2, 0) is 13.0 Å². The average Bonchev–Trinajstić information content (AvgIpc) is 3.04. The van der Waals surface area contributed by atoms with Crippen molar-refractivity contribution in [2.45, 2.75) is 26.3 Å². The van der Waals surface area contributed by atoms with Gasteiger partial charge in [-0.15, -0.1) is 0 Å². The molecule has 0 spiro atoms. The number of hydrogen-bond acceptors (Lipinski definition) is 4. The van der Waals surface area contributed by atoms with E-state index in [-0.39, 0.29) is 5.56 Å². The number of H-pyrrole nitrogens is 1. The summed E-state index contributed by atoms with van der Waals surface area (Å²) in [6.07, 6.45) is 7.14. The zero-order valence-corrected chi connectivity index (χ0v) is 14.7. The largest absolute Gasteiger partial charge is 0.347 e. The molecule has 4 rings (SSSR count). The number of benzene rings is 1. The number of aromatic nitrogens is 4. The van der Waals surface area contributed by atoms with Crippen LogP contribution in [0.25, 0.3) is 33.2 Å². The first-order valence-corrected chi connectivity index (χ1v) is 8.88. The van der Waals surface area contributed by atoms with Gasteiger partial charge < -0.3 is 15.3 Å². The quantitative estimate of drug-likeness (QED) is 0.581. The minimum atomic E-state index is -0.203. The lowest BCUT2D eigenvalue weighted by atomic mass is 10.1. The number of pyridine rings is 1. The van der Waals surface area contributed by atoms with Gasteiger partial charge in [0.2, 0.25) is 0 Å². The standard InChI is InChI=1S/C20H21N5O/c1-2-13-5-3-6-14-15(12-25(19(13)14)10-4-8-21)18-20(26)24-17-11-22-9-7-16(17)23-18/h3,5-7,9,11-12H,2,4,8,10,21H2,1H3,(H,24,26). The van der Waals surface area contributed by atoms with E-state index in [9.17, 15) is 4.79 Å². The molecule has 0 aliphatic rings. The molecule has 0 aliphatic carbocycles. The summed E-state index contributed by atoms with van der Waals surface area (Å²) in [6, 6.07) is 8.03. The molecule has 6 heteroatoms. The van der Waals surface area contributed by atoms with E-state index in [1.54, 1.807) is 18.5 Å². The number of aromatic amines is 1. The molecule has 3 heterocycles. The number of nitrogens with zero attached hydrogens (tertiary/aromatic N) is 3. The van der Waals surface area contributed by atoms with E-state index in [1.807, 2.05) is 12.3 Å². The van der Waals surface area contributed by atoms with Crippen molar-refractivity contribution >= 4 is 21.9 Å². The molecule has 0 unspecified atom stereocenters. The molecule has 0 bridgehead atoms. The van der Waals surface area contributed by atoms with Gasteiger partial charge in [0.05, 0.1) is 22.7 Å². The molecule has 3 N–H and O–H groups in total. The van der Waals surface area contributed by atoms with E-state index in [2.05, 4.69) is 38.6 Å². The van der Waals surface area contributed by atoms with E-state index in [4.69, 9.17) is 5.73 Å². The Morgan fingerprint density at radius 1 is 1.27 bits per heavy atom. The van der Waals surface area contributed by atoms with Gasteiger partial charge >= 0.3 is 0 Å². The number of hydrogen-bond donors (Lipinski definition) is 2. The van der Waals surface area contributed by atoms with Gasteiger partial charge in [0.25, 0.3) is 5.56 Å². The van der Waals surface area contributed by atoms with Crippen LogP contribution in [0.5, 0.6) is 0 Å². The molecule has 6 nitrogen and oxygen atoms in total. The van der Waals surface area contributed by atoms with Gasteiger partial charge in [-0.3, -0.25) is 9.78 Å². The van der Waals surface area contributed by atoms with Gasteiger partial charge in [-0.05, 0) is 31.0 Å². The van der Waals surface area contributed by atoms with Gasteiger partial charge in [-0.25, -0.2) is 4.98 Å². The van der Waals surface area contributed by atoms with E-state index >= 15 is 0 Å². The maximum absolute atomic E-state index is 12.7. The molecule has 4 aromatic rings. The monoisotopic (exact) mass is 347 g/mol. The normalized spacial score (nSPS) is 11.5. The Bertz CT molecular complexity index is 1140. The molecule has 0 saturated carbocycles. The van der Waals surface area contributed by atoms with Crippen LogP contribution >= 0.6 is 0 Å². The second-order valence-corrected chi connectivity index (χ2v) is 6.35. The first-order valence-electron chi connectivity index (χ1n) is 8.88. The lowest BCUT2D eigenvalue weighted by Crippen LogP contribution is -2.11. The Morgan fingerprint density at radius 2 is 2.15 bits per heavy atom. The maximum atomic E-state index is 12.7. The molecule has 0 radical (unpaired) electrons. The highest BCUT2D eigenvalue weighted by atomic mass is 16.1. The molecular weight excluding hydrogens is 326 g/mol. The number of aryl methyl sites for hydroxylation is 2. The second-order valence-electron chi connectivity index (χ2n) is 6.35. The van der Waals surface area contributed by atoms with Gasteiger partial charge in [-0.2, -0.15) is 0 Å². The molecular formula is C20H21N5O. The summed E-state index contributed by atoms with van der Waals surface area (Å²) in [6.45, 7) is 3.59. The van der Waals surface area contributed by atoms with Crippen LogP contribution in [-0.4, -0.2) is 26.1 Å². The Labute approximate surface area is 150 Å². The fourth-order valence-electron chi connectivity index (χ4n) is 3.47. The lowest BCUT2D eigenvalue weighted by molar-refractivity contribution is 0.669. The fraction of sp³-hybridized carbons (Fsp3) is 0.250. The minimum absolute atomic E-state index is 0.203. The molecule has 1 aromatic carbocycles. The number of para-hydroxylation sites is 1. The summed E-state index contributed by atoms with van der Waals surface area (Å²) in [5.74, 6) is 0. The predicted octanol–water partition coefficient (Wildman–Crippen LogP) is 2.85. The van der Waals surface area contributed by atoms with Crippen LogP contribution in [0.15, 0.2) is 47.7 Å². The van der Waals surface area contributed by atoms with Crippen LogP contribution < -0.4 is 11.3 Å². The topological polar surface area (TPSA) is 89.6 Å². The first kappa shape index (κ1) is 16.5. The van der Waals surface area contributed by atoms with Crippen molar-refractivity contribution in [2.24, 2.45) is 5.73 Å². The molecule has 0 saturated heterocycles. The fourth-order valence-corrected chi connectivity index (χ4v) is 3.47. The van der Waals surface area contributed by atoms with Crippen molar-refractivity contribution in [3.05, 3.63) is 58.8 Å². The predicted molar refractivity (Wildman–Crippen MR) is 104 cm³/mol. The molecule has 26 heavy (non-hydrogen) atoms. The van der Waals surface area contributed by atoms with E-state index < -0.39 is 0 Å². The third-order valence-electron chi connectivity index (χ3n) is 4.71. The third-order valence-corrected chi connectivity index (χ3v) is 4.71. The second kappa shape index (κ2) is 6.72. The highest BCUT2D eigenvalue weighted by Crippen LogP contribution is 2.31. The van der Waals surface area contributed by atoms with Gasteiger partial charge in [-0.1, -0.05) is 25.1 Å². The molecule has 3 aromatic heterocycles. The number of nitrogens with one attached hydrogen (secondary N) is 1. The minimum Gasteiger partial charge on any atom is -0.347 e. The number of nitrogens with two attached hydrogens (primary N) is 1. The maximum Gasteiger partial charge on any atom is 0.275 e. The Morgan fingerprint density at radius 3 is 2.96 bits per heavy atom. The summed E-state index contributed by atoms with van der Waals surface area (Å²) in [5.41, 5.74) is 10.6. The first-order chi connectivity index (χ1) is 12.7. The summed E-state index contributed by atoms with van der Waals surface area (Å²) in [7, 11) is 0. The van der Waals surface area contributed by atoms with Crippen molar-refractivity contribution in [1.29, 1.82) is 0 Å². The lowest BCUT2D eigenvalue weighted by Gasteiger charge is -2.07. The smallest absolute Gasteiger partial charge is 0.275 e. The molecule has 132 valence electrons. The van der Waals surface area contributed by atoms with Crippen LogP contribution in [0.4, 0.5) is 0 Å². The van der Waals surface area contributed by atoms with Gasteiger partial charge in [0, 0.05) is 29.9 Å². The van der Waals surface area contributed by atoms with Gasteiger partial charge in [0.1, 0.15) is 5.69 Å². The zero-order valence-electron chi connectivity index (χ0n) is 14.7. The highest BCUT2D eigenvalue weighted by Gasteiger charge is 2.17. The Balaban J connectivity index is 2.00. The third kappa shape index (κ3) is 2.68. The molecule has 0 amide bonds. The Hall–Kier alpha value is -2.99. The summed E-state index contributed by atoms with van der Waals surface area (Å²) in [5, 5.41) is 1.05. The van der Waals surface area contributed by atoms with E-state index in [0.29, 0.717) is 17.8 Å². The summed E-state index contributed by atoms with van der Waals surface area (Å²) in [4.78, 5) is 24.2. The van der Waals surface area contributed by atoms with Crippen molar-refractivity contribution in [2.75, 3.05) is 6.54 Å². The van der Waals surface area contributed by atoms with Crippen LogP contribution in [0.1, 0.15) is 18.9 Å². The Kier molecular flexibility index (Phi) is 4.26. The van der Waals surface area contributed by atoms with E-state index in [1.165, 1.54) is 5.56 Å². The molecule has 0 fully saturated rings. The van der Waals surface area contributed by atoms with Crippen molar-refractivity contribution < 1.29 is 0 Å². The SMILES string of the molecule is CCc1cccc2c(-c3nc4ccncc4[nH]c3=O)cn(CCCN)c12. The number of rotatable bonds is 5. The molecule has 0 atom stereocenters. The van der Waals surface area contributed by atoms with E-state index in [0.717, 1.165) is 41.4 Å². The van der Waals surface area contributed by atoms with Crippen molar-refractivity contribution in [3.63, 3.8) is 0 Å². The molecule has 0 aliphatic heterocycles. The number of fused-ring (bicyclic) bond motifs is 2. The van der Waals surface area contributed by atoms with Crippen molar-refractivity contribution in [1.82, 2.24) is 19.5 Å². The zero-order chi connectivity index (χ0) is 18.1.